The SMILES string of the molecule is COc1cc(C#N)cc(OCc2cccc(Cl)n2)c1. The summed E-state index contributed by atoms with van der Waals surface area (Å²) in [7, 11) is 1.54. The monoisotopic (exact) mass is 274 g/mol. The van der Waals surface area contributed by atoms with Gasteiger partial charge in [0.15, 0.2) is 0 Å². The summed E-state index contributed by atoms with van der Waals surface area (Å²) in [6.07, 6.45) is 0. The summed E-state index contributed by atoms with van der Waals surface area (Å²) in [6, 6.07) is 12.4. The van der Waals surface area contributed by atoms with E-state index >= 15 is 0 Å². The van der Waals surface area contributed by atoms with Gasteiger partial charge in [0.2, 0.25) is 0 Å². The molecule has 0 aliphatic rings. The van der Waals surface area contributed by atoms with Gasteiger partial charge in [-0.3, -0.25) is 0 Å². The summed E-state index contributed by atoms with van der Waals surface area (Å²) < 4.78 is 10.7. The summed E-state index contributed by atoms with van der Waals surface area (Å²) in [5, 5.41) is 9.33. The van der Waals surface area contributed by atoms with Crippen molar-refractivity contribution in [3.63, 3.8) is 0 Å². The second kappa shape index (κ2) is 6.07. The Balaban J connectivity index is 2.13. The normalized spacial score (nSPS) is 9.74. The highest BCUT2D eigenvalue weighted by molar-refractivity contribution is 6.29. The van der Waals surface area contributed by atoms with Crippen LogP contribution in [0.4, 0.5) is 0 Å². The number of benzene rings is 1. The molecule has 2 rings (SSSR count). The Bertz CT molecular complexity index is 623. The van der Waals surface area contributed by atoms with E-state index in [0.29, 0.717) is 27.9 Å². The first-order valence-electron chi connectivity index (χ1n) is 5.54. The first-order chi connectivity index (χ1) is 9.21. The van der Waals surface area contributed by atoms with Gasteiger partial charge >= 0.3 is 0 Å². The van der Waals surface area contributed by atoms with Gasteiger partial charge in [-0.25, -0.2) is 4.98 Å². The Labute approximate surface area is 116 Å². The highest BCUT2D eigenvalue weighted by atomic mass is 35.5. The summed E-state index contributed by atoms with van der Waals surface area (Å²) in [6.45, 7) is 0.276. The van der Waals surface area contributed by atoms with Crippen molar-refractivity contribution in [2.24, 2.45) is 0 Å². The number of rotatable bonds is 4. The van der Waals surface area contributed by atoms with Crippen LogP contribution in [-0.4, -0.2) is 12.1 Å². The fraction of sp³-hybridized carbons (Fsp3) is 0.143. The molecule has 2 aromatic rings. The molecule has 0 amide bonds. The van der Waals surface area contributed by atoms with Gasteiger partial charge in [-0.05, 0) is 24.3 Å². The fourth-order valence-electron chi connectivity index (χ4n) is 1.53. The number of nitriles is 1. The van der Waals surface area contributed by atoms with Gasteiger partial charge in [0.05, 0.1) is 24.4 Å². The van der Waals surface area contributed by atoms with Crippen molar-refractivity contribution in [3.8, 4) is 17.6 Å². The van der Waals surface area contributed by atoms with E-state index in [1.54, 1.807) is 37.4 Å². The van der Waals surface area contributed by atoms with Crippen molar-refractivity contribution in [1.29, 1.82) is 5.26 Å². The maximum Gasteiger partial charge on any atom is 0.130 e. The van der Waals surface area contributed by atoms with Crippen LogP contribution in [-0.2, 0) is 6.61 Å². The van der Waals surface area contributed by atoms with E-state index in [4.69, 9.17) is 26.3 Å². The fourth-order valence-corrected chi connectivity index (χ4v) is 1.71. The molecule has 0 saturated carbocycles. The van der Waals surface area contributed by atoms with E-state index in [1.165, 1.54) is 0 Å². The predicted octanol–water partition coefficient (Wildman–Crippen LogP) is 3.19. The number of hydrogen-bond acceptors (Lipinski definition) is 4. The van der Waals surface area contributed by atoms with Crippen molar-refractivity contribution in [1.82, 2.24) is 4.98 Å². The lowest BCUT2D eigenvalue weighted by atomic mass is 10.2. The predicted molar refractivity (Wildman–Crippen MR) is 71.3 cm³/mol. The van der Waals surface area contributed by atoms with Gasteiger partial charge in [0.25, 0.3) is 0 Å². The number of hydrogen-bond donors (Lipinski definition) is 0. The molecule has 0 atom stereocenters. The van der Waals surface area contributed by atoms with Crippen molar-refractivity contribution >= 4 is 11.6 Å². The van der Waals surface area contributed by atoms with Crippen molar-refractivity contribution in [2.45, 2.75) is 6.61 Å². The molecule has 19 heavy (non-hydrogen) atoms. The van der Waals surface area contributed by atoms with E-state index in [1.807, 2.05) is 6.07 Å². The second-order valence-electron chi connectivity index (χ2n) is 3.75. The van der Waals surface area contributed by atoms with E-state index in [9.17, 15) is 0 Å². The summed E-state index contributed by atoms with van der Waals surface area (Å²) in [5.41, 5.74) is 1.20. The minimum absolute atomic E-state index is 0.276. The first kappa shape index (κ1) is 13.2. The van der Waals surface area contributed by atoms with Crippen LogP contribution in [0.1, 0.15) is 11.3 Å². The van der Waals surface area contributed by atoms with E-state index < -0.39 is 0 Å². The molecule has 0 unspecified atom stereocenters. The molecule has 5 heteroatoms. The molecule has 4 nitrogen and oxygen atoms in total. The molecule has 0 saturated heterocycles. The summed E-state index contributed by atoms with van der Waals surface area (Å²) in [4.78, 5) is 4.12. The van der Waals surface area contributed by atoms with Crippen molar-refractivity contribution in [2.75, 3.05) is 7.11 Å². The van der Waals surface area contributed by atoms with E-state index in [2.05, 4.69) is 11.1 Å². The number of halogens is 1. The molecule has 0 bridgehead atoms. The Morgan fingerprint density at radius 1 is 1.26 bits per heavy atom. The Morgan fingerprint density at radius 2 is 2.05 bits per heavy atom. The number of aromatic nitrogens is 1. The van der Waals surface area contributed by atoms with Crippen LogP contribution < -0.4 is 9.47 Å². The van der Waals surface area contributed by atoms with Crippen LogP contribution in [0.2, 0.25) is 5.15 Å². The number of pyridine rings is 1. The van der Waals surface area contributed by atoms with Gasteiger partial charge in [-0.1, -0.05) is 17.7 Å². The molecule has 96 valence electrons. The third-order valence-electron chi connectivity index (χ3n) is 2.40. The molecule has 0 aliphatic heterocycles. The number of nitrogens with zero attached hydrogens (tertiary/aromatic N) is 2. The van der Waals surface area contributed by atoms with Crippen LogP contribution in [0.3, 0.4) is 0 Å². The highest BCUT2D eigenvalue weighted by Gasteiger charge is 2.03. The van der Waals surface area contributed by atoms with Gasteiger partial charge in [0.1, 0.15) is 23.3 Å². The van der Waals surface area contributed by atoms with Gasteiger partial charge in [-0.15, -0.1) is 0 Å². The third-order valence-corrected chi connectivity index (χ3v) is 2.61. The molecular weight excluding hydrogens is 264 g/mol. The standard InChI is InChI=1S/C14H11ClN2O2/c1-18-12-5-10(8-16)6-13(7-12)19-9-11-3-2-4-14(15)17-11/h2-7H,9H2,1H3. The number of methoxy groups -OCH3 is 1. The molecule has 0 spiro atoms. The highest BCUT2D eigenvalue weighted by Crippen LogP contribution is 2.23. The Hall–Kier alpha value is -2.25. The van der Waals surface area contributed by atoms with Crippen LogP contribution in [0.15, 0.2) is 36.4 Å². The molecule has 1 heterocycles. The second-order valence-corrected chi connectivity index (χ2v) is 4.14. The molecular formula is C14H11ClN2O2. The smallest absolute Gasteiger partial charge is 0.130 e. The zero-order valence-electron chi connectivity index (χ0n) is 10.3. The van der Waals surface area contributed by atoms with Crippen LogP contribution in [0.5, 0.6) is 11.5 Å². The van der Waals surface area contributed by atoms with Gasteiger partial charge in [-0.2, -0.15) is 5.26 Å². The molecule has 1 aromatic heterocycles. The molecule has 1 aromatic carbocycles. The van der Waals surface area contributed by atoms with E-state index in [0.717, 1.165) is 0 Å². The summed E-state index contributed by atoms with van der Waals surface area (Å²) in [5.74, 6) is 1.13. The van der Waals surface area contributed by atoms with Gasteiger partial charge < -0.3 is 9.47 Å². The van der Waals surface area contributed by atoms with Crippen molar-refractivity contribution < 1.29 is 9.47 Å². The average molecular weight is 275 g/mol. The third kappa shape index (κ3) is 3.60. The zero-order valence-corrected chi connectivity index (χ0v) is 11.0. The minimum Gasteiger partial charge on any atom is -0.497 e. The lowest BCUT2D eigenvalue weighted by molar-refractivity contribution is 0.299. The maximum atomic E-state index is 8.91. The molecule has 0 fully saturated rings. The lowest BCUT2D eigenvalue weighted by Crippen LogP contribution is -1.99. The molecule has 0 radical (unpaired) electrons. The topological polar surface area (TPSA) is 55.1 Å². The van der Waals surface area contributed by atoms with E-state index in [-0.39, 0.29) is 6.61 Å². The first-order valence-corrected chi connectivity index (χ1v) is 5.92. The lowest BCUT2D eigenvalue weighted by Gasteiger charge is -2.08. The van der Waals surface area contributed by atoms with Crippen LogP contribution >= 0.6 is 11.6 Å². The Kier molecular flexibility index (Phi) is 4.22. The Morgan fingerprint density at radius 3 is 2.74 bits per heavy atom. The molecule has 0 aliphatic carbocycles. The average Bonchev–Trinajstić information content (AvgIpc) is 2.44. The van der Waals surface area contributed by atoms with Crippen LogP contribution in [0, 0.1) is 11.3 Å². The maximum absolute atomic E-state index is 8.91. The van der Waals surface area contributed by atoms with Gasteiger partial charge in [0, 0.05) is 6.07 Å². The van der Waals surface area contributed by atoms with Crippen LogP contribution in [0.25, 0.3) is 0 Å². The molecule has 0 N–H and O–H groups in total. The quantitative estimate of drug-likeness (QED) is 0.804. The van der Waals surface area contributed by atoms with Crippen molar-refractivity contribution in [3.05, 3.63) is 52.8 Å². The minimum atomic E-state index is 0.276. The largest absolute Gasteiger partial charge is 0.497 e. The number of ether oxygens (including phenoxy) is 2. The zero-order chi connectivity index (χ0) is 13.7. The summed E-state index contributed by atoms with van der Waals surface area (Å²) >= 11 is 5.79.